The SMILES string of the molecule is OC[C@@H]1CCCN1c1nc(NCCc2ccc(Cl)cc2)c2ccccc2n1. The number of benzene rings is 2. The van der Waals surface area contributed by atoms with Crippen LogP contribution in [0.1, 0.15) is 18.4 Å². The van der Waals surface area contributed by atoms with Crippen LogP contribution in [-0.4, -0.2) is 40.8 Å². The van der Waals surface area contributed by atoms with Gasteiger partial charge in [-0.15, -0.1) is 0 Å². The van der Waals surface area contributed by atoms with E-state index in [9.17, 15) is 5.11 Å². The summed E-state index contributed by atoms with van der Waals surface area (Å²) in [5.74, 6) is 1.53. The van der Waals surface area contributed by atoms with Gasteiger partial charge in [0.1, 0.15) is 5.82 Å². The number of hydrogen-bond acceptors (Lipinski definition) is 5. The van der Waals surface area contributed by atoms with Crippen LogP contribution in [-0.2, 0) is 6.42 Å². The van der Waals surface area contributed by atoms with Crippen molar-refractivity contribution in [3.8, 4) is 0 Å². The smallest absolute Gasteiger partial charge is 0.228 e. The Bertz CT molecular complexity index is 916. The van der Waals surface area contributed by atoms with Crippen molar-refractivity contribution < 1.29 is 5.11 Å². The first-order valence-electron chi connectivity index (χ1n) is 9.37. The molecule has 27 heavy (non-hydrogen) atoms. The molecule has 0 unspecified atom stereocenters. The van der Waals surface area contributed by atoms with Crippen molar-refractivity contribution in [2.45, 2.75) is 25.3 Å². The summed E-state index contributed by atoms with van der Waals surface area (Å²) in [6.07, 6.45) is 2.92. The van der Waals surface area contributed by atoms with Crippen molar-refractivity contribution in [2.75, 3.05) is 29.9 Å². The molecule has 1 saturated heterocycles. The third-order valence-electron chi connectivity index (χ3n) is 5.06. The van der Waals surface area contributed by atoms with E-state index in [4.69, 9.17) is 21.6 Å². The minimum Gasteiger partial charge on any atom is -0.394 e. The zero-order valence-electron chi connectivity index (χ0n) is 15.1. The van der Waals surface area contributed by atoms with Crippen molar-refractivity contribution in [3.63, 3.8) is 0 Å². The number of aliphatic hydroxyl groups is 1. The molecule has 0 spiro atoms. The Kier molecular flexibility index (Phi) is 5.41. The Balaban J connectivity index is 1.57. The van der Waals surface area contributed by atoms with Crippen LogP contribution in [0.2, 0.25) is 5.02 Å². The molecule has 1 atom stereocenters. The summed E-state index contributed by atoms with van der Waals surface area (Å²) in [5, 5.41) is 14.9. The molecular formula is C21H23ClN4O. The van der Waals surface area contributed by atoms with Crippen LogP contribution in [0.3, 0.4) is 0 Å². The quantitative estimate of drug-likeness (QED) is 0.677. The predicted molar refractivity (Wildman–Crippen MR) is 111 cm³/mol. The number of hydrogen-bond donors (Lipinski definition) is 2. The maximum Gasteiger partial charge on any atom is 0.228 e. The Morgan fingerprint density at radius 2 is 1.93 bits per heavy atom. The lowest BCUT2D eigenvalue weighted by molar-refractivity contribution is 0.265. The maximum atomic E-state index is 9.65. The van der Waals surface area contributed by atoms with Gasteiger partial charge in [0.2, 0.25) is 5.95 Å². The normalized spacial score (nSPS) is 16.8. The van der Waals surface area contributed by atoms with Crippen molar-refractivity contribution in [1.82, 2.24) is 9.97 Å². The summed E-state index contributed by atoms with van der Waals surface area (Å²) in [4.78, 5) is 11.7. The van der Waals surface area contributed by atoms with Crippen LogP contribution in [0.25, 0.3) is 10.9 Å². The van der Waals surface area contributed by atoms with Gasteiger partial charge in [-0.3, -0.25) is 0 Å². The van der Waals surface area contributed by atoms with Crippen molar-refractivity contribution in [1.29, 1.82) is 0 Å². The molecule has 0 amide bonds. The number of anilines is 2. The summed E-state index contributed by atoms with van der Waals surface area (Å²) >= 11 is 5.96. The molecule has 0 radical (unpaired) electrons. The number of aromatic nitrogens is 2. The van der Waals surface area contributed by atoms with Crippen molar-refractivity contribution in [3.05, 3.63) is 59.1 Å². The lowest BCUT2D eigenvalue weighted by Gasteiger charge is -2.24. The zero-order chi connectivity index (χ0) is 18.6. The van der Waals surface area contributed by atoms with Crippen LogP contribution < -0.4 is 10.2 Å². The van der Waals surface area contributed by atoms with Gasteiger partial charge < -0.3 is 15.3 Å². The highest BCUT2D eigenvalue weighted by Gasteiger charge is 2.26. The highest BCUT2D eigenvalue weighted by Crippen LogP contribution is 2.27. The van der Waals surface area contributed by atoms with Gasteiger partial charge in [0.05, 0.1) is 18.2 Å². The highest BCUT2D eigenvalue weighted by atomic mass is 35.5. The van der Waals surface area contributed by atoms with Crippen LogP contribution in [0.4, 0.5) is 11.8 Å². The first-order valence-corrected chi connectivity index (χ1v) is 9.75. The van der Waals surface area contributed by atoms with Gasteiger partial charge in [-0.2, -0.15) is 4.98 Å². The molecule has 0 saturated carbocycles. The summed E-state index contributed by atoms with van der Waals surface area (Å²) in [6, 6.07) is 16.1. The molecule has 6 heteroatoms. The van der Waals surface area contributed by atoms with E-state index in [1.807, 2.05) is 48.5 Å². The largest absolute Gasteiger partial charge is 0.394 e. The molecule has 0 aliphatic carbocycles. The zero-order valence-corrected chi connectivity index (χ0v) is 15.9. The number of fused-ring (bicyclic) bond motifs is 1. The Labute approximate surface area is 164 Å². The summed E-state index contributed by atoms with van der Waals surface area (Å²) < 4.78 is 0. The fourth-order valence-electron chi connectivity index (χ4n) is 3.59. The molecule has 1 aliphatic heterocycles. The number of aliphatic hydroxyl groups excluding tert-OH is 1. The van der Waals surface area contributed by atoms with Crippen molar-refractivity contribution in [2.24, 2.45) is 0 Å². The van der Waals surface area contributed by atoms with E-state index in [-0.39, 0.29) is 12.6 Å². The van der Waals surface area contributed by atoms with Gasteiger partial charge in [0.25, 0.3) is 0 Å². The molecule has 3 aromatic rings. The van der Waals surface area contributed by atoms with Gasteiger partial charge in [-0.1, -0.05) is 35.9 Å². The first-order chi connectivity index (χ1) is 13.2. The van der Waals surface area contributed by atoms with Gasteiger partial charge >= 0.3 is 0 Å². The highest BCUT2D eigenvalue weighted by molar-refractivity contribution is 6.30. The standard InChI is InChI=1S/C21H23ClN4O/c22-16-9-7-15(8-10-16)11-12-23-20-18-5-1-2-6-19(18)24-21(25-20)26-13-3-4-17(26)14-27/h1-2,5-10,17,27H,3-4,11-14H2,(H,23,24,25)/t17-/m0/s1. The number of para-hydroxylation sites is 1. The molecule has 1 fully saturated rings. The van der Waals surface area contributed by atoms with Crippen LogP contribution >= 0.6 is 11.6 Å². The average molecular weight is 383 g/mol. The Morgan fingerprint density at radius 3 is 2.74 bits per heavy atom. The van der Waals surface area contributed by atoms with Gasteiger partial charge in [0.15, 0.2) is 0 Å². The third kappa shape index (κ3) is 3.99. The van der Waals surface area contributed by atoms with E-state index >= 15 is 0 Å². The van der Waals surface area contributed by atoms with Crippen LogP contribution in [0.5, 0.6) is 0 Å². The summed E-state index contributed by atoms with van der Waals surface area (Å²) in [5.41, 5.74) is 2.14. The monoisotopic (exact) mass is 382 g/mol. The minimum atomic E-state index is 0.105. The van der Waals surface area contributed by atoms with E-state index in [0.29, 0.717) is 5.95 Å². The molecule has 0 bridgehead atoms. The molecule has 140 valence electrons. The number of halogens is 1. The molecule has 1 aromatic heterocycles. The van der Waals surface area contributed by atoms with E-state index in [2.05, 4.69) is 10.2 Å². The second-order valence-corrected chi connectivity index (χ2v) is 7.30. The molecule has 5 nitrogen and oxygen atoms in total. The van der Waals surface area contributed by atoms with Crippen LogP contribution in [0, 0.1) is 0 Å². The van der Waals surface area contributed by atoms with Gasteiger partial charge in [-0.25, -0.2) is 4.98 Å². The fraction of sp³-hybridized carbons (Fsp3) is 0.333. The number of nitrogens with zero attached hydrogens (tertiary/aromatic N) is 3. The maximum absolute atomic E-state index is 9.65. The lowest BCUT2D eigenvalue weighted by atomic mass is 10.1. The topological polar surface area (TPSA) is 61.3 Å². The summed E-state index contributed by atoms with van der Waals surface area (Å²) in [7, 11) is 0. The Morgan fingerprint density at radius 1 is 1.11 bits per heavy atom. The first kappa shape index (κ1) is 18.0. The molecule has 2 N–H and O–H groups in total. The fourth-order valence-corrected chi connectivity index (χ4v) is 3.72. The molecule has 2 aromatic carbocycles. The van der Waals surface area contributed by atoms with Crippen LogP contribution in [0.15, 0.2) is 48.5 Å². The second-order valence-electron chi connectivity index (χ2n) is 6.86. The number of rotatable bonds is 6. The van der Waals surface area contributed by atoms with E-state index < -0.39 is 0 Å². The van der Waals surface area contributed by atoms with E-state index in [0.717, 1.165) is 54.1 Å². The number of nitrogens with one attached hydrogen (secondary N) is 1. The molecule has 4 rings (SSSR count). The average Bonchev–Trinajstić information content (AvgIpc) is 3.18. The molecular weight excluding hydrogens is 360 g/mol. The minimum absolute atomic E-state index is 0.105. The summed E-state index contributed by atoms with van der Waals surface area (Å²) in [6.45, 7) is 1.79. The molecule has 2 heterocycles. The second kappa shape index (κ2) is 8.11. The lowest BCUT2D eigenvalue weighted by Crippen LogP contribution is -2.33. The van der Waals surface area contributed by atoms with E-state index in [1.165, 1.54) is 5.56 Å². The Hall–Kier alpha value is -2.37. The van der Waals surface area contributed by atoms with E-state index in [1.54, 1.807) is 0 Å². The predicted octanol–water partition coefficient (Wildman–Crippen LogP) is 3.90. The van der Waals surface area contributed by atoms with Crippen molar-refractivity contribution >= 4 is 34.3 Å². The molecule has 1 aliphatic rings. The third-order valence-corrected chi connectivity index (χ3v) is 5.31. The van der Waals surface area contributed by atoms with Gasteiger partial charge in [0, 0.05) is 23.5 Å². The van der Waals surface area contributed by atoms with Gasteiger partial charge in [-0.05, 0) is 49.1 Å².